The highest BCUT2D eigenvalue weighted by Crippen LogP contribution is 2.36. The molecule has 1 fully saturated rings. The molecule has 7 heteroatoms. The molecule has 2 aliphatic rings. The van der Waals surface area contributed by atoms with E-state index in [1.807, 2.05) is 26.8 Å². The molecule has 1 saturated carbocycles. The highest BCUT2D eigenvalue weighted by molar-refractivity contribution is 7.19. The molecular formula is C26H39N3O3S. The summed E-state index contributed by atoms with van der Waals surface area (Å²) < 4.78 is 8.93. The number of hydrogen-bond acceptors (Lipinski definition) is 4. The van der Waals surface area contributed by atoms with Gasteiger partial charge in [0, 0.05) is 24.1 Å². The number of thiophene rings is 1. The van der Waals surface area contributed by atoms with E-state index < -0.39 is 5.54 Å². The number of carbonyl (C=O) groups is 2. The van der Waals surface area contributed by atoms with E-state index in [9.17, 15) is 9.59 Å². The Hall–Kier alpha value is -1.86. The smallest absolute Gasteiger partial charge is 0.271 e. The molecule has 3 heterocycles. The molecule has 0 saturated heterocycles. The number of nitrogens with zero attached hydrogens (tertiary/aromatic N) is 2. The molecule has 182 valence electrons. The van der Waals surface area contributed by atoms with E-state index in [0.29, 0.717) is 31.8 Å². The van der Waals surface area contributed by atoms with Crippen LogP contribution in [0, 0.1) is 5.92 Å². The number of fused-ring (bicyclic) bond motifs is 3. The Balaban J connectivity index is 1.61. The van der Waals surface area contributed by atoms with Crippen molar-refractivity contribution in [3.63, 3.8) is 0 Å². The van der Waals surface area contributed by atoms with E-state index in [4.69, 9.17) is 4.74 Å². The van der Waals surface area contributed by atoms with Crippen LogP contribution in [-0.4, -0.2) is 52.1 Å². The lowest BCUT2D eigenvalue weighted by Crippen LogP contribution is -2.65. The van der Waals surface area contributed by atoms with Gasteiger partial charge in [-0.1, -0.05) is 13.8 Å². The highest BCUT2D eigenvalue weighted by Gasteiger charge is 2.48. The first-order valence-corrected chi connectivity index (χ1v) is 13.4. The van der Waals surface area contributed by atoms with E-state index in [-0.39, 0.29) is 24.0 Å². The largest absolute Gasteiger partial charge is 0.379 e. The van der Waals surface area contributed by atoms with E-state index in [0.717, 1.165) is 48.2 Å². The molecule has 0 spiro atoms. The van der Waals surface area contributed by atoms with Crippen molar-refractivity contribution in [3.8, 4) is 0 Å². The van der Waals surface area contributed by atoms with Crippen LogP contribution in [-0.2, 0) is 22.5 Å². The monoisotopic (exact) mass is 473 g/mol. The van der Waals surface area contributed by atoms with Crippen molar-refractivity contribution in [2.75, 3.05) is 13.2 Å². The van der Waals surface area contributed by atoms with Crippen molar-refractivity contribution < 1.29 is 14.3 Å². The molecule has 0 bridgehead atoms. The molecular weight excluding hydrogens is 434 g/mol. The summed E-state index contributed by atoms with van der Waals surface area (Å²) in [7, 11) is 0. The maximum atomic E-state index is 13.7. The summed E-state index contributed by atoms with van der Waals surface area (Å²) in [6.45, 7) is 12.0. The summed E-state index contributed by atoms with van der Waals surface area (Å²) in [5, 5.41) is 3.32. The Kier molecular flexibility index (Phi) is 7.20. The zero-order valence-electron chi connectivity index (χ0n) is 20.8. The molecule has 0 aromatic carbocycles. The van der Waals surface area contributed by atoms with Gasteiger partial charge in [0.15, 0.2) is 0 Å². The molecule has 0 unspecified atom stereocenters. The summed E-state index contributed by atoms with van der Waals surface area (Å²) in [6.07, 6.45) is 6.17. The molecule has 4 rings (SSSR count). The minimum absolute atomic E-state index is 0.0291. The molecule has 6 nitrogen and oxygen atoms in total. The van der Waals surface area contributed by atoms with Gasteiger partial charge < -0.3 is 19.5 Å². The van der Waals surface area contributed by atoms with Gasteiger partial charge in [-0.05, 0) is 77.3 Å². The minimum Gasteiger partial charge on any atom is -0.379 e. The lowest BCUT2D eigenvalue weighted by Gasteiger charge is -2.45. The van der Waals surface area contributed by atoms with E-state index >= 15 is 0 Å². The Morgan fingerprint density at radius 3 is 2.67 bits per heavy atom. The molecule has 1 N–H and O–H groups in total. The second-order valence-corrected chi connectivity index (χ2v) is 11.5. The maximum Gasteiger partial charge on any atom is 0.271 e. The molecule has 1 atom stereocenters. The van der Waals surface area contributed by atoms with Gasteiger partial charge in [0.1, 0.15) is 11.2 Å². The Morgan fingerprint density at radius 2 is 2.00 bits per heavy atom. The van der Waals surface area contributed by atoms with Gasteiger partial charge in [-0.2, -0.15) is 0 Å². The number of nitrogens with one attached hydrogen (secondary N) is 1. The summed E-state index contributed by atoms with van der Waals surface area (Å²) in [5.41, 5.74) is 0.847. The van der Waals surface area contributed by atoms with Crippen LogP contribution in [0.1, 0.15) is 82.1 Å². The molecule has 33 heavy (non-hydrogen) atoms. The average molecular weight is 474 g/mol. The maximum absolute atomic E-state index is 13.7. The van der Waals surface area contributed by atoms with Crippen molar-refractivity contribution in [2.45, 2.75) is 97.4 Å². The predicted molar refractivity (Wildman–Crippen MR) is 134 cm³/mol. The molecule has 2 aromatic rings. The first-order valence-electron chi connectivity index (χ1n) is 12.6. The first-order chi connectivity index (χ1) is 15.7. The average Bonchev–Trinajstić information content (AvgIpc) is 3.33. The van der Waals surface area contributed by atoms with Crippen LogP contribution in [0.4, 0.5) is 0 Å². The van der Waals surface area contributed by atoms with Gasteiger partial charge in [-0.25, -0.2) is 0 Å². The van der Waals surface area contributed by atoms with Crippen molar-refractivity contribution >= 4 is 33.4 Å². The van der Waals surface area contributed by atoms with Crippen molar-refractivity contribution in [2.24, 2.45) is 5.92 Å². The number of hydrogen-bond donors (Lipinski definition) is 1. The van der Waals surface area contributed by atoms with E-state index in [2.05, 4.69) is 29.8 Å². The van der Waals surface area contributed by atoms with Gasteiger partial charge in [0.25, 0.3) is 5.91 Å². The molecule has 1 aliphatic carbocycles. The lowest BCUT2D eigenvalue weighted by molar-refractivity contribution is -0.134. The Morgan fingerprint density at radius 1 is 1.27 bits per heavy atom. The number of aromatic nitrogens is 1. The van der Waals surface area contributed by atoms with Gasteiger partial charge in [0.2, 0.25) is 5.91 Å². The SMILES string of the molecule is CCc1cc2c(cc3n2C[C@](C)(C(=O)NC2CCC(C)CC2)N(CCCOC(C)C)C3=O)s1. The Bertz CT molecular complexity index is 1000. The molecule has 0 radical (unpaired) electrons. The van der Waals surface area contributed by atoms with Crippen LogP contribution >= 0.6 is 11.3 Å². The highest BCUT2D eigenvalue weighted by atomic mass is 32.1. The number of carbonyl (C=O) groups excluding carboxylic acids is 2. The zero-order chi connectivity index (χ0) is 23.8. The topological polar surface area (TPSA) is 63.6 Å². The van der Waals surface area contributed by atoms with Gasteiger partial charge in [-0.15, -0.1) is 11.3 Å². The van der Waals surface area contributed by atoms with Gasteiger partial charge >= 0.3 is 0 Å². The molecule has 2 amide bonds. The normalized spacial score (nSPS) is 25.6. The predicted octanol–water partition coefficient (Wildman–Crippen LogP) is 4.99. The second-order valence-electron chi connectivity index (χ2n) is 10.4. The third-order valence-corrected chi connectivity index (χ3v) is 8.55. The molecule has 1 aliphatic heterocycles. The summed E-state index contributed by atoms with van der Waals surface area (Å²) in [4.78, 5) is 30.6. The number of ether oxygens (including phenoxy) is 1. The standard InChI is InChI=1S/C26H39N3O3S/c1-6-20-14-21-23(33-20)15-22-24(30)29(12-7-13-32-17(2)3)26(5,16-28(21)22)25(31)27-19-10-8-18(4)9-11-19/h14-15,17-19H,6-13,16H2,1-5H3,(H,27,31)/t18?,19?,26-/m1/s1. The third-order valence-electron chi connectivity index (χ3n) is 7.33. The van der Waals surface area contributed by atoms with Crippen LogP contribution in [0.5, 0.6) is 0 Å². The van der Waals surface area contributed by atoms with Crippen LogP contribution in [0.2, 0.25) is 0 Å². The van der Waals surface area contributed by atoms with Crippen molar-refractivity contribution in [1.82, 2.24) is 14.8 Å². The fourth-order valence-electron chi connectivity index (χ4n) is 5.20. The van der Waals surface area contributed by atoms with Crippen molar-refractivity contribution in [1.29, 1.82) is 0 Å². The number of aryl methyl sites for hydroxylation is 1. The lowest BCUT2D eigenvalue weighted by atomic mass is 9.86. The summed E-state index contributed by atoms with van der Waals surface area (Å²) in [6, 6.07) is 4.40. The minimum atomic E-state index is -0.925. The van der Waals surface area contributed by atoms with E-state index in [1.54, 1.807) is 16.2 Å². The fraction of sp³-hybridized carbons (Fsp3) is 0.692. The van der Waals surface area contributed by atoms with Crippen LogP contribution < -0.4 is 5.32 Å². The quantitative estimate of drug-likeness (QED) is 0.550. The van der Waals surface area contributed by atoms with E-state index in [1.165, 1.54) is 4.88 Å². The first kappa shape index (κ1) is 24.3. The van der Waals surface area contributed by atoms with Crippen molar-refractivity contribution in [3.05, 3.63) is 22.7 Å². The number of amides is 2. The Labute approximate surface area is 201 Å². The summed E-state index contributed by atoms with van der Waals surface area (Å²) >= 11 is 1.74. The second kappa shape index (κ2) is 9.79. The van der Waals surface area contributed by atoms with Gasteiger partial charge in [0.05, 0.1) is 22.9 Å². The fourth-order valence-corrected chi connectivity index (χ4v) is 6.24. The zero-order valence-corrected chi connectivity index (χ0v) is 21.6. The summed E-state index contributed by atoms with van der Waals surface area (Å²) in [5.74, 6) is 0.644. The van der Waals surface area contributed by atoms with Crippen LogP contribution in [0.25, 0.3) is 10.2 Å². The van der Waals surface area contributed by atoms with Crippen LogP contribution in [0.3, 0.4) is 0 Å². The third kappa shape index (κ3) is 4.85. The van der Waals surface area contributed by atoms with Gasteiger partial charge in [-0.3, -0.25) is 9.59 Å². The number of rotatable bonds is 8. The van der Waals surface area contributed by atoms with Crippen LogP contribution in [0.15, 0.2) is 12.1 Å². The molecule has 2 aromatic heterocycles.